The molecule has 0 aliphatic heterocycles. The van der Waals surface area contributed by atoms with Crippen LogP contribution in [0.25, 0.3) is 98.8 Å². The second-order valence-electron chi connectivity index (χ2n) is 12.9. The van der Waals surface area contributed by atoms with Crippen LogP contribution in [0.15, 0.2) is 186 Å². The average molecular weight is 623 g/mol. The van der Waals surface area contributed by atoms with Crippen LogP contribution in [0.3, 0.4) is 0 Å². The smallest absolute Gasteiger partial charge is 0.136 e. The fraction of sp³-hybridized carbons (Fsp3) is 0. The van der Waals surface area contributed by atoms with E-state index in [-0.39, 0.29) is 0 Å². The third-order valence-corrected chi connectivity index (χ3v) is 10.0. The lowest BCUT2D eigenvalue weighted by atomic mass is 9.85. The number of hydrogen-bond acceptors (Lipinski definition) is 1. The van der Waals surface area contributed by atoms with Crippen LogP contribution in [0.5, 0.6) is 0 Å². The maximum atomic E-state index is 6.32. The Morgan fingerprint density at radius 1 is 0.245 bits per heavy atom. The second kappa shape index (κ2) is 11.1. The van der Waals surface area contributed by atoms with Gasteiger partial charge in [-0.2, -0.15) is 0 Å². The van der Waals surface area contributed by atoms with Crippen molar-refractivity contribution in [2.45, 2.75) is 0 Å². The standard InChI is InChI=1S/C48H30O/c1-2-11-31(12-3-1)32-21-23-33(24-22-32)47-39-17-6-8-19-41(39)48(42-20-9-7-18-40(42)47)38-16-10-15-34(27-38)37-25-26-45-43(29-37)44-28-35-13-4-5-14-36(35)30-46(44)49-45/h1-30H. The van der Waals surface area contributed by atoms with Crippen LogP contribution in [0.1, 0.15) is 0 Å². The molecule has 0 radical (unpaired) electrons. The summed E-state index contributed by atoms with van der Waals surface area (Å²) >= 11 is 0. The van der Waals surface area contributed by atoms with E-state index in [0.717, 1.165) is 21.9 Å². The molecule has 0 unspecified atom stereocenters. The molecular weight excluding hydrogens is 593 g/mol. The summed E-state index contributed by atoms with van der Waals surface area (Å²) in [6.07, 6.45) is 0. The molecule has 0 saturated carbocycles. The summed E-state index contributed by atoms with van der Waals surface area (Å²) in [7, 11) is 0. The SMILES string of the molecule is c1ccc(-c2ccc(-c3c4ccccc4c(-c4cccc(-c5ccc6oc7cc8ccccc8cc7c6c5)c4)c4ccccc34)cc2)cc1. The van der Waals surface area contributed by atoms with Crippen LogP contribution >= 0.6 is 0 Å². The molecule has 228 valence electrons. The molecule has 0 spiro atoms. The van der Waals surface area contributed by atoms with Crippen molar-refractivity contribution in [2.75, 3.05) is 0 Å². The molecule has 1 aromatic heterocycles. The Morgan fingerprint density at radius 2 is 0.714 bits per heavy atom. The van der Waals surface area contributed by atoms with E-state index in [1.54, 1.807) is 0 Å². The molecule has 9 aromatic carbocycles. The van der Waals surface area contributed by atoms with E-state index in [1.807, 2.05) is 0 Å². The summed E-state index contributed by atoms with van der Waals surface area (Å²) in [4.78, 5) is 0. The molecule has 0 N–H and O–H groups in total. The maximum Gasteiger partial charge on any atom is 0.136 e. The van der Waals surface area contributed by atoms with E-state index in [0.29, 0.717) is 0 Å². The van der Waals surface area contributed by atoms with Crippen molar-refractivity contribution in [1.82, 2.24) is 0 Å². The molecular formula is C48H30O. The van der Waals surface area contributed by atoms with Crippen molar-refractivity contribution < 1.29 is 4.42 Å². The van der Waals surface area contributed by atoms with Gasteiger partial charge in [-0.15, -0.1) is 0 Å². The van der Waals surface area contributed by atoms with Gasteiger partial charge in [-0.05, 0) is 107 Å². The predicted octanol–water partition coefficient (Wildman–Crippen LogP) is 13.7. The summed E-state index contributed by atoms with van der Waals surface area (Å²) in [5, 5.41) is 9.72. The number of rotatable bonds is 4. The number of furan rings is 1. The highest BCUT2D eigenvalue weighted by atomic mass is 16.3. The van der Waals surface area contributed by atoms with E-state index in [9.17, 15) is 0 Å². The van der Waals surface area contributed by atoms with Gasteiger partial charge in [0.15, 0.2) is 0 Å². The Kier molecular flexibility index (Phi) is 6.25. The fourth-order valence-corrected chi connectivity index (χ4v) is 7.71. The normalized spacial score (nSPS) is 11.7. The lowest BCUT2D eigenvalue weighted by Crippen LogP contribution is -1.91. The first-order chi connectivity index (χ1) is 24.3. The largest absolute Gasteiger partial charge is 0.456 e. The topological polar surface area (TPSA) is 13.1 Å². The molecule has 0 fully saturated rings. The van der Waals surface area contributed by atoms with Gasteiger partial charge in [-0.3, -0.25) is 0 Å². The zero-order valence-electron chi connectivity index (χ0n) is 26.7. The number of hydrogen-bond donors (Lipinski definition) is 0. The molecule has 10 aromatic rings. The monoisotopic (exact) mass is 622 g/mol. The third kappa shape index (κ3) is 4.55. The van der Waals surface area contributed by atoms with Crippen LogP contribution in [-0.4, -0.2) is 0 Å². The van der Waals surface area contributed by atoms with E-state index in [2.05, 4.69) is 182 Å². The first-order valence-electron chi connectivity index (χ1n) is 16.8. The Bertz CT molecular complexity index is 2800. The summed E-state index contributed by atoms with van der Waals surface area (Å²) in [5.74, 6) is 0. The lowest BCUT2D eigenvalue weighted by Gasteiger charge is -2.18. The first kappa shape index (κ1) is 27.7. The van der Waals surface area contributed by atoms with Gasteiger partial charge in [0.2, 0.25) is 0 Å². The Hall–Kier alpha value is -6.44. The molecule has 0 bridgehead atoms. The van der Waals surface area contributed by atoms with Gasteiger partial charge < -0.3 is 4.42 Å². The van der Waals surface area contributed by atoms with Gasteiger partial charge in [-0.1, -0.05) is 152 Å². The Balaban J connectivity index is 1.14. The van der Waals surface area contributed by atoms with Gasteiger partial charge in [0.1, 0.15) is 11.2 Å². The van der Waals surface area contributed by atoms with Crippen molar-refractivity contribution in [1.29, 1.82) is 0 Å². The van der Waals surface area contributed by atoms with Gasteiger partial charge in [0.25, 0.3) is 0 Å². The molecule has 0 atom stereocenters. The van der Waals surface area contributed by atoms with E-state index < -0.39 is 0 Å². The molecule has 0 aliphatic rings. The molecule has 1 nitrogen and oxygen atoms in total. The van der Waals surface area contributed by atoms with Crippen LogP contribution in [-0.2, 0) is 0 Å². The Morgan fingerprint density at radius 3 is 1.41 bits per heavy atom. The van der Waals surface area contributed by atoms with Crippen molar-refractivity contribution >= 4 is 54.3 Å². The van der Waals surface area contributed by atoms with E-state index in [4.69, 9.17) is 4.42 Å². The predicted molar refractivity (Wildman–Crippen MR) is 208 cm³/mol. The summed E-state index contributed by atoms with van der Waals surface area (Å²) in [6, 6.07) is 65.8. The highest BCUT2D eigenvalue weighted by Gasteiger charge is 2.17. The first-order valence-corrected chi connectivity index (χ1v) is 16.8. The van der Waals surface area contributed by atoms with Gasteiger partial charge in [0.05, 0.1) is 0 Å². The second-order valence-corrected chi connectivity index (χ2v) is 12.9. The molecule has 49 heavy (non-hydrogen) atoms. The van der Waals surface area contributed by atoms with Crippen molar-refractivity contribution in [3.05, 3.63) is 182 Å². The highest BCUT2D eigenvalue weighted by Crippen LogP contribution is 2.45. The quantitative estimate of drug-likeness (QED) is 0.178. The zero-order valence-corrected chi connectivity index (χ0v) is 26.7. The van der Waals surface area contributed by atoms with Gasteiger partial charge in [-0.25, -0.2) is 0 Å². The fourth-order valence-electron chi connectivity index (χ4n) is 7.71. The van der Waals surface area contributed by atoms with E-state index in [1.165, 1.54) is 76.8 Å². The molecule has 1 heterocycles. The van der Waals surface area contributed by atoms with Crippen molar-refractivity contribution in [2.24, 2.45) is 0 Å². The van der Waals surface area contributed by atoms with Crippen molar-refractivity contribution in [3.8, 4) is 44.5 Å². The lowest BCUT2D eigenvalue weighted by molar-refractivity contribution is 0.669. The third-order valence-electron chi connectivity index (χ3n) is 10.0. The van der Waals surface area contributed by atoms with Crippen LogP contribution in [0.4, 0.5) is 0 Å². The number of fused-ring (bicyclic) bond motifs is 6. The zero-order chi connectivity index (χ0) is 32.3. The minimum atomic E-state index is 0.912. The van der Waals surface area contributed by atoms with Gasteiger partial charge in [0, 0.05) is 10.8 Å². The van der Waals surface area contributed by atoms with Crippen LogP contribution in [0, 0.1) is 0 Å². The summed E-state index contributed by atoms with van der Waals surface area (Å²) < 4.78 is 6.32. The van der Waals surface area contributed by atoms with Crippen molar-refractivity contribution in [3.63, 3.8) is 0 Å². The highest BCUT2D eigenvalue weighted by molar-refractivity contribution is 6.21. The average Bonchev–Trinajstić information content (AvgIpc) is 3.53. The number of benzene rings is 9. The van der Waals surface area contributed by atoms with E-state index >= 15 is 0 Å². The molecule has 0 saturated heterocycles. The maximum absolute atomic E-state index is 6.32. The molecule has 0 amide bonds. The molecule has 0 aliphatic carbocycles. The molecule has 10 rings (SSSR count). The minimum absolute atomic E-state index is 0.912. The van der Waals surface area contributed by atoms with Crippen LogP contribution < -0.4 is 0 Å². The molecule has 1 heteroatoms. The minimum Gasteiger partial charge on any atom is -0.456 e. The van der Waals surface area contributed by atoms with Gasteiger partial charge >= 0.3 is 0 Å². The summed E-state index contributed by atoms with van der Waals surface area (Å²) in [5.41, 5.74) is 11.6. The Labute approximate surface area is 284 Å². The summed E-state index contributed by atoms with van der Waals surface area (Å²) in [6.45, 7) is 0. The van der Waals surface area contributed by atoms with Crippen LogP contribution in [0.2, 0.25) is 0 Å².